The van der Waals surface area contributed by atoms with Gasteiger partial charge in [-0.25, -0.2) is 0 Å². The monoisotopic (exact) mass is 248 g/mol. The van der Waals surface area contributed by atoms with Crippen LogP contribution >= 0.6 is 0 Å². The van der Waals surface area contributed by atoms with Gasteiger partial charge in [0.05, 0.1) is 6.54 Å². The molecule has 0 spiro atoms. The first-order chi connectivity index (χ1) is 8.54. The molecule has 1 aliphatic rings. The van der Waals surface area contributed by atoms with Gasteiger partial charge in [0, 0.05) is 18.2 Å². The Labute approximate surface area is 108 Å². The molecule has 0 aromatic heterocycles. The molecule has 1 amide bonds. The van der Waals surface area contributed by atoms with Gasteiger partial charge in [-0.05, 0) is 19.2 Å². The highest BCUT2D eigenvalue weighted by atomic mass is 16.3. The van der Waals surface area contributed by atoms with E-state index in [9.17, 15) is 9.90 Å². The first-order valence-corrected chi connectivity index (χ1v) is 6.37. The van der Waals surface area contributed by atoms with Crippen molar-refractivity contribution in [1.82, 2.24) is 9.80 Å². The number of carbonyl (C=O) groups is 1. The molecule has 4 nitrogen and oxygen atoms in total. The summed E-state index contributed by atoms with van der Waals surface area (Å²) >= 11 is 0. The van der Waals surface area contributed by atoms with Gasteiger partial charge in [0.1, 0.15) is 0 Å². The lowest BCUT2D eigenvalue weighted by molar-refractivity contribution is -0.0917. The van der Waals surface area contributed by atoms with Gasteiger partial charge >= 0.3 is 0 Å². The Kier molecular flexibility index (Phi) is 3.41. The SMILES string of the molecule is CCN(CC)CC1(O)c2ccccc2C(=O)N1C. The maximum absolute atomic E-state index is 12.1. The molecule has 1 N–H and O–H groups in total. The van der Waals surface area contributed by atoms with Gasteiger partial charge in [0.25, 0.3) is 5.91 Å². The quantitative estimate of drug-likeness (QED) is 0.872. The van der Waals surface area contributed by atoms with Gasteiger partial charge in [-0.3, -0.25) is 9.69 Å². The normalized spacial score (nSPS) is 22.7. The molecule has 1 atom stereocenters. The molecule has 18 heavy (non-hydrogen) atoms. The zero-order chi connectivity index (χ0) is 13.3. The van der Waals surface area contributed by atoms with Crippen molar-refractivity contribution in [3.63, 3.8) is 0 Å². The molecule has 1 aliphatic heterocycles. The minimum absolute atomic E-state index is 0.111. The summed E-state index contributed by atoms with van der Waals surface area (Å²) in [7, 11) is 1.66. The lowest BCUT2D eigenvalue weighted by atomic mass is 10.0. The van der Waals surface area contributed by atoms with Crippen molar-refractivity contribution in [3.05, 3.63) is 35.4 Å². The van der Waals surface area contributed by atoms with Gasteiger partial charge in [-0.15, -0.1) is 0 Å². The van der Waals surface area contributed by atoms with Crippen molar-refractivity contribution >= 4 is 5.91 Å². The standard InChI is InChI=1S/C14H20N2O2/c1-4-16(5-2)10-14(18)12-9-7-6-8-11(12)13(17)15(14)3/h6-9,18H,4-5,10H2,1-3H3. The molecule has 0 saturated carbocycles. The molecular weight excluding hydrogens is 228 g/mol. The zero-order valence-corrected chi connectivity index (χ0v) is 11.2. The highest BCUT2D eigenvalue weighted by Gasteiger charge is 2.46. The van der Waals surface area contributed by atoms with Crippen molar-refractivity contribution in [3.8, 4) is 0 Å². The highest BCUT2D eigenvalue weighted by molar-refractivity contribution is 5.99. The molecule has 0 radical (unpaired) electrons. The van der Waals surface area contributed by atoms with Crippen LogP contribution in [0.4, 0.5) is 0 Å². The number of carbonyl (C=O) groups excluding carboxylic acids is 1. The number of amides is 1. The van der Waals surface area contributed by atoms with Crippen LogP contribution in [0.5, 0.6) is 0 Å². The summed E-state index contributed by atoms with van der Waals surface area (Å²) in [5.74, 6) is -0.111. The molecular formula is C14H20N2O2. The lowest BCUT2D eigenvalue weighted by Crippen LogP contribution is -2.49. The van der Waals surface area contributed by atoms with Gasteiger partial charge in [0.15, 0.2) is 5.72 Å². The molecule has 2 rings (SSSR count). The van der Waals surface area contributed by atoms with Gasteiger partial charge in [0.2, 0.25) is 0 Å². The fourth-order valence-corrected chi connectivity index (χ4v) is 2.50. The number of hydrogen-bond donors (Lipinski definition) is 1. The molecule has 0 fully saturated rings. The number of benzene rings is 1. The minimum Gasteiger partial charge on any atom is -0.366 e. The Hall–Kier alpha value is -1.39. The van der Waals surface area contributed by atoms with E-state index in [4.69, 9.17) is 0 Å². The first kappa shape index (κ1) is 13.1. The summed E-state index contributed by atoms with van der Waals surface area (Å²) in [6, 6.07) is 7.29. The van der Waals surface area contributed by atoms with E-state index >= 15 is 0 Å². The predicted octanol–water partition coefficient (Wildman–Crippen LogP) is 1.26. The number of fused-ring (bicyclic) bond motifs is 1. The molecule has 0 aliphatic carbocycles. The van der Waals surface area contributed by atoms with Crippen molar-refractivity contribution in [1.29, 1.82) is 0 Å². The van der Waals surface area contributed by atoms with Crippen LogP contribution in [0.25, 0.3) is 0 Å². The number of hydrogen-bond acceptors (Lipinski definition) is 3. The van der Waals surface area contributed by atoms with E-state index in [-0.39, 0.29) is 5.91 Å². The topological polar surface area (TPSA) is 43.8 Å². The maximum atomic E-state index is 12.1. The minimum atomic E-state index is -1.21. The van der Waals surface area contributed by atoms with Crippen molar-refractivity contribution in [2.75, 3.05) is 26.7 Å². The Balaban J connectivity index is 2.40. The number of likely N-dealkylation sites (N-methyl/N-ethyl adjacent to an activating group) is 2. The van der Waals surface area contributed by atoms with Crippen LogP contribution in [-0.2, 0) is 5.72 Å². The highest BCUT2D eigenvalue weighted by Crippen LogP contribution is 2.36. The van der Waals surface area contributed by atoms with Gasteiger partial charge in [-0.1, -0.05) is 32.0 Å². The summed E-state index contributed by atoms with van der Waals surface area (Å²) in [5.41, 5.74) is 0.110. The molecule has 1 aromatic carbocycles. The summed E-state index contributed by atoms with van der Waals surface area (Å²) in [6.07, 6.45) is 0. The second-order valence-electron chi connectivity index (χ2n) is 4.69. The Morgan fingerprint density at radius 3 is 2.50 bits per heavy atom. The number of aliphatic hydroxyl groups is 1. The lowest BCUT2D eigenvalue weighted by Gasteiger charge is -2.35. The average Bonchev–Trinajstić information content (AvgIpc) is 2.59. The number of nitrogens with zero attached hydrogens (tertiary/aromatic N) is 2. The van der Waals surface area contributed by atoms with Gasteiger partial charge in [-0.2, -0.15) is 0 Å². The number of rotatable bonds is 4. The smallest absolute Gasteiger partial charge is 0.256 e. The van der Waals surface area contributed by atoms with Crippen LogP contribution in [-0.4, -0.2) is 47.5 Å². The predicted molar refractivity (Wildman–Crippen MR) is 70.2 cm³/mol. The Morgan fingerprint density at radius 2 is 1.89 bits per heavy atom. The molecule has 98 valence electrons. The maximum Gasteiger partial charge on any atom is 0.256 e. The fourth-order valence-electron chi connectivity index (χ4n) is 2.50. The fraction of sp³-hybridized carbons (Fsp3) is 0.500. The third-order valence-corrected chi connectivity index (χ3v) is 3.79. The largest absolute Gasteiger partial charge is 0.366 e. The van der Waals surface area contributed by atoms with Crippen LogP contribution < -0.4 is 0 Å². The van der Waals surface area contributed by atoms with Crippen LogP contribution in [0.3, 0.4) is 0 Å². The first-order valence-electron chi connectivity index (χ1n) is 6.37. The molecule has 0 saturated heterocycles. The second-order valence-corrected chi connectivity index (χ2v) is 4.69. The zero-order valence-electron chi connectivity index (χ0n) is 11.2. The van der Waals surface area contributed by atoms with Crippen molar-refractivity contribution in [2.45, 2.75) is 19.6 Å². The third-order valence-electron chi connectivity index (χ3n) is 3.79. The molecule has 4 heteroatoms. The van der Waals surface area contributed by atoms with E-state index in [1.165, 1.54) is 4.90 Å². The molecule has 0 bridgehead atoms. The van der Waals surface area contributed by atoms with Crippen LogP contribution in [0.2, 0.25) is 0 Å². The molecule has 1 unspecified atom stereocenters. The van der Waals surface area contributed by atoms with Crippen molar-refractivity contribution < 1.29 is 9.90 Å². The molecule has 1 heterocycles. The Bertz CT molecular complexity index is 457. The van der Waals surface area contributed by atoms with E-state index in [0.717, 1.165) is 13.1 Å². The van der Waals surface area contributed by atoms with E-state index in [1.54, 1.807) is 13.1 Å². The van der Waals surface area contributed by atoms with E-state index < -0.39 is 5.72 Å². The molecule has 1 aromatic rings. The van der Waals surface area contributed by atoms with Crippen LogP contribution in [0, 0.1) is 0 Å². The third kappa shape index (κ3) is 1.82. The summed E-state index contributed by atoms with van der Waals surface area (Å²) in [5, 5.41) is 10.9. The van der Waals surface area contributed by atoms with E-state index in [0.29, 0.717) is 17.7 Å². The average molecular weight is 248 g/mol. The Morgan fingerprint density at radius 1 is 1.28 bits per heavy atom. The van der Waals surface area contributed by atoms with E-state index in [1.807, 2.05) is 18.2 Å². The second kappa shape index (κ2) is 4.71. The van der Waals surface area contributed by atoms with Crippen LogP contribution in [0.15, 0.2) is 24.3 Å². The van der Waals surface area contributed by atoms with Crippen LogP contribution in [0.1, 0.15) is 29.8 Å². The summed E-state index contributed by atoms with van der Waals surface area (Å²) in [4.78, 5) is 15.7. The summed E-state index contributed by atoms with van der Waals surface area (Å²) in [6.45, 7) is 6.25. The van der Waals surface area contributed by atoms with Crippen molar-refractivity contribution in [2.24, 2.45) is 0 Å². The summed E-state index contributed by atoms with van der Waals surface area (Å²) < 4.78 is 0. The van der Waals surface area contributed by atoms with E-state index in [2.05, 4.69) is 18.7 Å². The van der Waals surface area contributed by atoms with Gasteiger partial charge < -0.3 is 10.0 Å².